The average Bonchev–Trinajstić information content (AvgIpc) is 3.11. The van der Waals surface area contributed by atoms with Gasteiger partial charge in [0, 0.05) is 17.9 Å². The van der Waals surface area contributed by atoms with E-state index in [9.17, 15) is 9.18 Å². The molecule has 2 aromatic carbocycles. The van der Waals surface area contributed by atoms with Crippen molar-refractivity contribution >= 4 is 23.2 Å². The number of halogens is 2. The monoisotopic (exact) mass is 393 g/mol. The van der Waals surface area contributed by atoms with Gasteiger partial charge in [-0.2, -0.15) is 0 Å². The second kappa shape index (κ2) is 8.59. The lowest BCUT2D eigenvalue weighted by Crippen LogP contribution is -3.11. The Bertz CT molecular complexity index is 831. The number of carbonyl (C=O) groups excluding carboxylic acids is 1. The van der Waals surface area contributed by atoms with Gasteiger partial charge in [0.05, 0.1) is 32.0 Å². The molecule has 2 aromatic rings. The van der Waals surface area contributed by atoms with E-state index in [1.807, 2.05) is 18.2 Å². The van der Waals surface area contributed by atoms with E-state index < -0.39 is 5.82 Å². The highest BCUT2D eigenvalue weighted by atomic mass is 35.5. The normalized spacial score (nSPS) is 19.0. The highest BCUT2D eigenvalue weighted by Gasteiger charge is 2.34. The van der Waals surface area contributed by atoms with Crippen LogP contribution < -0.4 is 19.7 Å². The molecule has 0 radical (unpaired) electrons. The van der Waals surface area contributed by atoms with Crippen LogP contribution in [0.15, 0.2) is 36.4 Å². The van der Waals surface area contributed by atoms with Crippen LogP contribution in [0.3, 0.4) is 0 Å². The van der Waals surface area contributed by atoms with E-state index in [1.165, 1.54) is 12.1 Å². The smallest absolute Gasteiger partial charge is 0.279 e. The number of amides is 1. The minimum Gasteiger partial charge on any atom is -0.497 e. The number of quaternary nitrogens is 1. The molecule has 1 amide bonds. The van der Waals surface area contributed by atoms with Crippen LogP contribution in [0.4, 0.5) is 10.1 Å². The van der Waals surface area contributed by atoms with Crippen molar-refractivity contribution in [3.05, 3.63) is 52.8 Å². The number of methoxy groups -OCH3 is 2. The molecule has 3 rings (SSSR count). The number of likely N-dealkylation sites (tertiary alicyclic amines) is 1. The number of carbonyl (C=O) groups is 1. The third-order valence-corrected chi connectivity index (χ3v) is 5.12. The standard InChI is InChI=1S/C20H22ClFN2O3/c1-26-14-6-8-19(27-2)15(11-14)18-4-3-9-24(18)12-20(25)23-17-7-5-13(21)10-16(17)22/h5-8,10-11,18H,3-4,9,12H2,1-2H3,(H,23,25)/p+1/t18-/m0/s1. The highest BCUT2D eigenvalue weighted by Crippen LogP contribution is 2.31. The number of anilines is 1. The van der Waals surface area contributed by atoms with Crippen LogP contribution in [0, 0.1) is 5.82 Å². The summed E-state index contributed by atoms with van der Waals surface area (Å²) in [5, 5.41) is 2.93. The second-order valence-electron chi connectivity index (χ2n) is 6.56. The van der Waals surface area contributed by atoms with Crippen molar-refractivity contribution in [3.63, 3.8) is 0 Å². The topological polar surface area (TPSA) is 52.0 Å². The molecule has 0 spiro atoms. The first-order valence-electron chi connectivity index (χ1n) is 8.83. The van der Waals surface area contributed by atoms with Gasteiger partial charge >= 0.3 is 0 Å². The van der Waals surface area contributed by atoms with Gasteiger partial charge in [0.1, 0.15) is 23.4 Å². The zero-order valence-electron chi connectivity index (χ0n) is 15.4. The molecule has 2 atom stereocenters. The van der Waals surface area contributed by atoms with Gasteiger partial charge in [-0.25, -0.2) is 4.39 Å². The lowest BCUT2D eigenvalue weighted by atomic mass is 10.0. The van der Waals surface area contributed by atoms with Crippen LogP contribution in [0.5, 0.6) is 11.5 Å². The first-order chi connectivity index (χ1) is 13.0. The molecule has 1 fully saturated rings. The Morgan fingerprint density at radius 2 is 2.07 bits per heavy atom. The quantitative estimate of drug-likeness (QED) is 0.793. The summed E-state index contributed by atoms with van der Waals surface area (Å²) in [7, 11) is 3.26. The summed E-state index contributed by atoms with van der Waals surface area (Å²) < 4.78 is 24.7. The molecule has 1 aliphatic rings. The molecule has 2 N–H and O–H groups in total. The Morgan fingerprint density at radius 3 is 2.78 bits per heavy atom. The minimum atomic E-state index is -0.543. The van der Waals surface area contributed by atoms with E-state index in [0.717, 1.165) is 41.3 Å². The van der Waals surface area contributed by atoms with E-state index in [4.69, 9.17) is 21.1 Å². The van der Waals surface area contributed by atoms with Gasteiger partial charge in [-0.15, -0.1) is 0 Å². The number of benzene rings is 2. The molecule has 5 nitrogen and oxygen atoms in total. The molecule has 7 heteroatoms. The fourth-order valence-electron chi connectivity index (χ4n) is 3.60. The van der Waals surface area contributed by atoms with Crippen LogP contribution in [-0.2, 0) is 4.79 Å². The van der Waals surface area contributed by atoms with Crippen molar-refractivity contribution in [2.45, 2.75) is 18.9 Å². The maximum atomic E-state index is 13.9. The van der Waals surface area contributed by atoms with Gasteiger partial charge in [0.2, 0.25) is 0 Å². The lowest BCUT2D eigenvalue weighted by Gasteiger charge is -2.23. The summed E-state index contributed by atoms with van der Waals surface area (Å²) in [4.78, 5) is 13.6. The summed E-state index contributed by atoms with van der Waals surface area (Å²) in [5.41, 5.74) is 1.16. The molecule has 0 aliphatic carbocycles. The fraction of sp³-hybridized carbons (Fsp3) is 0.350. The molecule has 1 aliphatic heterocycles. The highest BCUT2D eigenvalue weighted by molar-refractivity contribution is 6.30. The molecule has 0 aromatic heterocycles. The van der Waals surface area contributed by atoms with Crippen LogP contribution in [0.2, 0.25) is 5.02 Å². The number of ether oxygens (including phenoxy) is 2. The molecule has 0 saturated carbocycles. The van der Waals surface area contributed by atoms with E-state index in [0.29, 0.717) is 5.02 Å². The van der Waals surface area contributed by atoms with Crippen LogP contribution in [0.25, 0.3) is 0 Å². The first-order valence-corrected chi connectivity index (χ1v) is 9.21. The largest absolute Gasteiger partial charge is 0.497 e. The van der Waals surface area contributed by atoms with E-state index in [2.05, 4.69) is 5.32 Å². The predicted octanol–water partition coefficient (Wildman–Crippen LogP) is 2.85. The minimum absolute atomic E-state index is 0.121. The molecular formula is C20H23ClFN2O3+. The molecule has 0 bridgehead atoms. The van der Waals surface area contributed by atoms with Crippen LogP contribution >= 0.6 is 11.6 Å². The van der Waals surface area contributed by atoms with Gasteiger partial charge in [0.25, 0.3) is 5.91 Å². The number of hydrogen-bond acceptors (Lipinski definition) is 3. The molecule has 1 unspecified atom stereocenters. The van der Waals surface area contributed by atoms with Crippen molar-refractivity contribution in [1.82, 2.24) is 0 Å². The summed E-state index contributed by atoms with van der Waals surface area (Å²) in [6, 6.07) is 10.0. The van der Waals surface area contributed by atoms with Gasteiger partial charge in [0.15, 0.2) is 6.54 Å². The maximum Gasteiger partial charge on any atom is 0.279 e. The molecule has 1 saturated heterocycles. The molecule has 27 heavy (non-hydrogen) atoms. The molecule has 144 valence electrons. The van der Waals surface area contributed by atoms with E-state index in [1.54, 1.807) is 20.3 Å². The summed E-state index contributed by atoms with van der Waals surface area (Å²) in [5.74, 6) is 0.757. The van der Waals surface area contributed by atoms with Gasteiger partial charge in [-0.3, -0.25) is 4.79 Å². The van der Waals surface area contributed by atoms with Crippen molar-refractivity contribution in [2.75, 3.05) is 32.6 Å². The summed E-state index contributed by atoms with van der Waals surface area (Å²) in [6.07, 6.45) is 1.95. The average molecular weight is 394 g/mol. The van der Waals surface area contributed by atoms with Gasteiger partial charge < -0.3 is 19.7 Å². The summed E-state index contributed by atoms with van der Waals surface area (Å²) in [6.45, 7) is 1.11. The fourth-order valence-corrected chi connectivity index (χ4v) is 3.76. The van der Waals surface area contributed by atoms with Crippen molar-refractivity contribution in [1.29, 1.82) is 0 Å². The zero-order chi connectivity index (χ0) is 19.4. The molecular weight excluding hydrogens is 371 g/mol. The Labute approximate surface area is 163 Å². The third-order valence-electron chi connectivity index (χ3n) is 4.89. The third kappa shape index (κ3) is 4.51. The van der Waals surface area contributed by atoms with Crippen molar-refractivity contribution in [2.24, 2.45) is 0 Å². The Kier molecular flexibility index (Phi) is 6.19. The Morgan fingerprint density at radius 1 is 1.26 bits per heavy atom. The van der Waals surface area contributed by atoms with Crippen LogP contribution in [0.1, 0.15) is 24.4 Å². The lowest BCUT2D eigenvalue weighted by molar-refractivity contribution is -0.910. The van der Waals surface area contributed by atoms with Crippen molar-refractivity contribution in [3.8, 4) is 11.5 Å². The maximum absolute atomic E-state index is 13.9. The number of rotatable bonds is 6. The first kappa shape index (κ1) is 19.5. The molecule has 1 heterocycles. The van der Waals surface area contributed by atoms with Crippen LogP contribution in [-0.4, -0.2) is 33.2 Å². The predicted molar refractivity (Wildman–Crippen MR) is 102 cm³/mol. The van der Waals surface area contributed by atoms with E-state index in [-0.39, 0.29) is 24.2 Å². The van der Waals surface area contributed by atoms with Gasteiger partial charge in [-0.05, 0) is 36.4 Å². The zero-order valence-corrected chi connectivity index (χ0v) is 16.1. The summed E-state index contributed by atoms with van der Waals surface area (Å²) >= 11 is 5.75. The Hall–Kier alpha value is -2.31. The second-order valence-corrected chi connectivity index (χ2v) is 7.00. The Balaban J connectivity index is 1.74. The van der Waals surface area contributed by atoms with Crippen molar-refractivity contribution < 1.29 is 23.6 Å². The SMILES string of the molecule is COc1ccc(OC)c([C@@H]2CCC[NH+]2CC(=O)Nc2ccc(Cl)cc2F)c1. The number of hydrogen-bond donors (Lipinski definition) is 2. The van der Waals surface area contributed by atoms with Gasteiger partial charge in [-0.1, -0.05) is 11.6 Å². The number of nitrogens with one attached hydrogen (secondary N) is 2. The van der Waals surface area contributed by atoms with E-state index >= 15 is 0 Å².